The number of hydrogen-bond acceptors (Lipinski definition) is 6. The maximum atomic E-state index is 14.8. The molecule has 4 aromatic rings. The van der Waals surface area contributed by atoms with Crippen LogP contribution in [0, 0.1) is 5.82 Å². The molecule has 11 heteroatoms. The van der Waals surface area contributed by atoms with E-state index in [1.165, 1.54) is 30.6 Å². The molecule has 6 nitrogen and oxygen atoms in total. The smallest absolute Gasteiger partial charge is 0.265 e. The summed E-state index contributed by atoms with van der Waals surface area (Å²) in [5.74, 6) is -2.03. The van der Waals surface area contributed by atoms with Crippen molar-refractivity contribution in [1.29, 1.82) is 0 Å². The first kappa shape index (κ1) is 22.8. The van der Waals surface area contributed by atoms with Crippen molar-refractivity contribution in [3.05, 3.63) is 85.4 Å². The Balaban J connectivity index is 1.58. The van der Waals surface area contributed by atoms with Crippen LogP contribution >= 0.6 is 38.9 Å². The zero-order chi connectivity index (χ0) is 23.0. The summed E-state index contributed by atoms with van der Waals surface area (Å²) in [4.78, 5) is 29.3. The molecule has 0 saturated carbocycles. The largest absolute Gasteiger partial charge is 0.298 e. The van der Waals surface area contributed by atoms with Gasteiger partial charge in [0.05, 0.1) is 20.9 Å². The number of aromatic nitrogens is 2. The van der Waals surface area contributed by atoms with Gasteiger partial charge in [0.2, 0.25) is 0 Å². The van der Waals surface area contributed by atoms with E-state index in [4.69, 9.17) is 11.6 Å². The molecular formula is C21H13BrClFN2O4S2. The van der Waals surface area contributed by atoms with Crippen molar-refractivity contribution >= 4 is 65.4 Å². The summed E-state index contributed by atoms with van der Waals surface area (Å²) in [6.07, 6.45) is 0.966. The van der Waals surface area contributed by atoms with Gasteiger partial charge in [0.25, 0.3) is 5.56 Å². The van der Waals surface area contributed by atoms with Gasteiger partial charge in [-0.05, 0) is 48.0 Å². The molecule has 2 heterocycles. The van der Waals surface area contributed by atoms with Gasteiger partial charge < -0.3 is 0 Å². The molecule has 0 N–H and O–H groups in total. The molecule has 0 amide bonds. The molecule has 0 saturated heterocycles. The van der Waals surface area contributed by atoms with Crippen molar-refractivity contribution in [1.82, 2.24) is 9.55 Å². The molecule has 4 rings (SSSR count). The Morgan fingerprint density at radius 2 is 1.94 bits per heavy atom. The van der Waals surface area contributed by atoms with E-state index in [1.807, 2.05) is 0 Å². The molecule has 2 aromatic carbocycles. The lowest BCUT2D eigenvalue weighted by Crippen LogP contribution is -2.20. The van der Waals surface area contributed by atoms with Crippen LogP contribution in [0.3, 0.4) is 0 Å². The molecule has 164 valence electrons. The third kappa shape index (κ3) is 4.68. The van der Waals surface area contributed by atoms with Gasteiger partial charge in [-0.25, -0.2) is 17.8 Å². The van der Waals surface area contributed by atoms with Crippen LogP contribution in [0.15, 0.2) is 68.3 Å². The highest BCUT2D eigenvalue weighted by Crippen LogP contribution is 2.26. The zero-order valence-corrected chi connectivity index (χ0v) is 20.1. The van der Waals surface area contributed by atoms with E-state index in [1.54, 1.807) is 18.2 Å². The van der Waals surface area contributed by atoms with Crippen LogP contribution in [0.2, 0.25) is 4.34 Å². The number of benzene rings is 2. The van der Waals surface area contributed by atoms with Crippen LogP contribution in [-0.4, -0.2) is 29.5 Å². The van der Waals surface area contributed by atoms with Gasteiger partial charge in [-0.15, -0.1) is 11.3 Å². The number of hydrogen-bond donors (Lipinski definition) is 0. The fraction of sp³-hybridized carbons (Fsp3) is 0.0952. The van der Waals surface area contributed by atoms with E-state index in [9.17, 15) is 22.4 Å². The number of carbonyl (C=O) groups excluding carboxylic acids is 1. The van der Waals surface area contributed by atoms with Crippen molar-refractivity contribution in [2.24, 2.45) is 0 Å². The van der Waals surface area contributed by atoms with Crippen LogP contribution in [0.1, 0.15) is 5.56 Å². The van der Waals surface area contributed by atoms with Gasteiger partial charge >= 0.3 is 0 Å². The number of thiophene rings is 1. The Kier molecular flexibility index (Phi) is 6.30. The topological polar surface area (TPSA) is 86.1 Å². The summed E-state index contributed by atoms with van der Waals surface area (Å²) in [7, 11) is -3.82. The predicted octanol–water partition coefficient (Wildman–Crippen LogP) is 4.59. The van der Waals surface area contributed by atoms with E-state index < -0.39 is 32.7 Å². The molecule has 0 aliphatic carbocycles. The zero-order valence-electron chi connectivity index (χ0n) is 16.1. The van der Waals surface area contributed by atoms with Crippen LogP contribution in [0.4, 0.5) is 4.39 Å². The minimum absolute atomic E-state index is 0.00666. The van der Waals surface area contributed by atoms with Gasteiger partial charge in [-0.1, -0.05) is 33.6 Å². The molecule has 2 aromatic heterocycles. The highest BCUT2D eigenvalue weighted by Gasteiger charge is 2.22. The fourth-order valence-corrected chi connectivity index (χ4v) is 6.32. The molecule has 0 aliphatic heterocycles. The number of sulfone groups is 1. The summed E-state index contributed by atoms with van der Waals surface area (Å²) in [6, 6.07) is 11.8. The lowest BCUT2D eigenvalue weighted by molar-refractivity contribution is -0.116. The normalized spacial score (nSPS) is 11.7. The number of ketones is 1. The third-order valence-corrected chi connectivity index (χ3v) is 8.58. The molecule has 0 spiro atoms. The number of Topliss-reactive ketones (excluding diaryl/α,β-unsaturated/α-hetero) is 1. The fourth-order valence-electron chi connectivity index (χ4n) is 3.15. The lowest BCUT2D eigenvalue weighted by Gasteiger charge is -2.10. The molecular weight excluding hydrogens is 543 g/mol. The van der Waals surface area contributed by atoms with Gasteiger partial charge in [-0.3, -0.25) is 14.2 Å². The van der Waals surface area contributed by atoms with E-state index >= 15 is 0 Å². The Bertz CT molecular complexity index is 1530. The van der Waals surface area contributed by atoms with Crippen molar-refractivity contribution < 1.29 is 17.6 Å². The molecule has 0 atom stereocenters. The Labute approximate surface area is 199 Å². The molecule has 32 heavy (non-hydrogen) atoms. The minimum Gasteiger partial charge on any atom is -0.298 e. The Morgan fingerprint density at radius 1 is 1.16 bits per heavy atom. The van der Waals surface area contributed by atoms with Crippen molar-refractivity contribution in [2.75, 3.05) is 5.75 Å². The molecule has 0 fully saturated rings. The number of nitrogens with zero attached hydrogens (tertiary/aromatic N) is 2. The highest BCUT2D eigenvalue weighted by molar-refractivity contribution is 9.10. The average Bonchev–Trinajstić information content (AvgIpc) is 3.16. The van der Waals surface area contributed by atoms with E-state index in [2.05, 4.69) is 20.9 Å². The van der Waals surface area contributed by atoms with E-state index in [0.717, 1.165) is 22.0 Å². The standard InChI is InChI=1S/C21H13BrClFN2O4S2/c22-13-2-3-17-15(9-13)21(28)26(11-25-17)18-4-1-12(8-16(18)24)7-14(27)10-32(29,30)20-6-5-19(23)31-20/h1-6,8-9,11H,7,10H2. The monoisotopic (exact) mass is 554 g/mol. The average molecular weight is 556 g/mol. The van der Waals surface area contributed by atoms with Crippen LogP contribution < -0.4 is 5.56 Å². The van der Waals surface area contributed by atoms with E-state index in [0.29, 0.717) is 25.3 Å². The second-order valence-corrected chi connectivity index (χ2v) is 11.7. The van der Waals surface area contributed by atoms with Gasteiger partial charge in [0.1, 0.15) is 22.1 Å². The van der Waals surface area contributed by atoms with Crippen LogP contribution in [0.25, 0.3) is 16.6 Å². The van der Waals surface area contributed by atoms with Crippen LogP contribution in [0.5, 0.6) is 0 Å². The first-order chi connectivity index (χ1) is 15.1. The summed E-state index contributed by atoms with van der Waals surface area (Å²) in [5.41, 5.74) is 0.298. The number of fused-ring (bicyclic) bond motifs is 1. The van der Waals surface area contributed by atoms with Gasteiger partial charge in [0.15, 0.2) is 15.6 Å². The first-order valence-corrected chi connectivity index (χ1v) is 12.7. The van der Waals surface area contributed by atoms with Gasteiger partial charge in [-0.2, -0.15) is 0 Å². The Morgan fingerprint density at radius 3 is 2.62 bits per heavy atom. The molecule has 0 aliphatic rings. The third-order valence-electron chi connectivity index (χ3n) is 4.60. The number of rotatable bonds is 6. The SMILES string of the molecule is O=C(Cc1ccc(-n2cnc3ccc(Br)cc3c2=O)c(F)c1)CS(=O)(=O)c1ccc(Cl)s1. The maximum absolute atomic E-state index is 14.8. The maximum Gasteiger partial charge on any atom is 0.265 e. The van der Waals surface area contributed by atoms with Crippen molar-refractivity contribution in [3.8, 4) is 5.69 Å². The second-order valence-electron chi connectivity index (χ2n) is 6.90. The van der Waals surface area contributed by atoms with Gasteiger partial charge in [0, 0.05) is 10.9 Å². The quantitative estimate of drug-likeness (QED) is 0.347. The van der Waals surface area contributed by atoms with Crippen LogP contribution in [-0.2, 0) is 21.1 Å². The van der Waals surface area contributed by atoms with E-state index in [-0.39, 0.29) is 16.3 Å². The second kappa shape index (κ2) is 8.86. The molecule has 0 unspecified atom stereocenters. The first-order valence-electron chi connectivity index (χ1n) is 9.09. The summed E-state index contributed by atoms with van der Waals surface area (Å²) < 4.78 is 41.6. The minimum atomic E-state index is -3.82. The number of halogens is 3. The van der Waals surface area contributed by atoms with Crippen molar-refractivity contribution in [2.45, 2.75) is 10.6 Å². The predicted molar refractivity (Wildman–Crippen MR) is 125 cm³/mol. The summed E-state index contributed by atoms with van der Waals surface area (Å²) >= 11 is 9.94. The summed E-state index contributed by atoms with van der Waals surface area (Å²) in [5, 5.41) is 0.319. The molecule has 0 radical (unpaired) electrons. The Hall–Kier alpha value is -2.40. The number of carbonyl (C=O) groups is 1. The summed E-state index contributed by atoms with van der Waals surface area (Å²) in [6.45, 7) is 0. The lowest BCUT2D eigenvalue weighted by atomic mass is 10.1. The highest BCUT2D eigenvalue weighted by atomic mass is 79.9. The molecule has 0 bridgehead atoms. The van der Waals surface area contributed by atoms with Crippen molar-refractivity contribution in [3.63, 3.8) is 0 Å².